The molecule has 0 radical (unpaired) electrons. The summed E-state index contributed by atoms with van der Waals surface area (Å²) in [6, 6.07) is 8.08. The number of benzene rings is 1. The highest BCUT2D eigenvalue weighted by molar-refractivity contribution is 5.89. The Hall–Kier alpha value is -3.34. The highest BCUT2D eigenvalue weighted by atomic mass is 16.5. The molecule has 10 heteroatoms. The van der Waals surface area contributed by atoms with Gasteiger partial charge in [-0.1, -0.05) is 51.1 Å². The topological polar surface area (TPSA) is 141 Å². The van der Waals surface area contributed by atoms with E-state index in [1.807, 2.05) is 63.3 Å². The molecule has 4 N–H and O–H groups in total. The minimum atomic E-state index is -1.01. The van der Waals surface area contributed by atoms with E-state index >= 15 is 0 Å². The fourth-order valence-electron chi connectivity index (χ4n) is 4.39. The molecule has 1 aliphatic rings. The lowest BCUT2D eigenvalue weighted by Gasteiger charge is -2.33. The number of piperazine rings is 1. The number of nitrogens with one attached hydrogen (secondary N) is 2. The third-order valence-electron chi connectivity index (χ3n) is 6.70. The maximum absolute atomic E-state index is 13.0. The van der Waals surface area contributed by atoms with Gasteiger partial charge in [-0.2, -0.15) is 0 Å². The number of nitrogens with zero attached hydrogens (tertiary/aromatic N) is 2. The van der Waals surface area contributed by atoms with E-state index in [-0.39, 0.29) is 30.2 Å². The van der Waals surface area contributed by atoms with Crippen LogP contribution in [0.1, 0.15) is 52.0 Å². The van der Waals surface area contributed by atoms with Crippen LogP contribution in [-0.2, 0) is 19.1 Å². The molecule has 39 heavy (non-hydrogen) atoms. The average Bonchev–Trinajstić information content (AvgIpc) is 2.90. The summed E-state index contributed by atoms with van der Waals surface area (Å²) in [6.07, 6.45) is 2.61. The highest BCUT2D eigenvalue weighted by Gasteiger charge is 2.32. The molecule has 3 rings (SSSR count). The largest absolute Gasteiger partial charge is 0.480 e. The van der Waals surface area contributed by atoms with Crippen LogP contribution in [0.25, 0.3) is 17.0 Å². The molecule has 1 fully saturated rings. The number of carbonyl (C=O) groups excluding carboxylic acids is 2. The van der Waals surface area contributed by atoms with Gasteiger partial charge in [-0.15, -0.1) is 0 Å². The number of aliphatic hydroxyl groups is 1. The molecule has 1 saturated heterocycles. The van der Waals surface area contributed by atoms with Gasteiger partial charge in [-0.05, 0) is 43.4 Å². The van der Waals surface area contributed by atoms with Crippen molar-refractivity contribution in [2.75, 3.05) is 26.2 Å². The molecule has 2 heterocycles. The van der Waals surface area contributed by atoms with Gasteiger partial charge in [0.05, 0.1) is 23.9 Å². The lowest BCUT2D eigenvalue weighted by atomic mass is 10.0. The number of pyridine rings is 1. The Morgan fingerprint density at radius 1 is 1.18 bits per heavy atom. The summed E-state index contributed by atoms with van der Waals surface area (Å²) in [5.74, 6) is -1.81. The zero-order valence-corrected chi connectivity index (χ0v) is 23.3. The fraction of sp³-hybridized carbons (Fsp3) is 0.517. The average molecular weight is 541 g/mol. The van der Waals surface area contributed by atoms with E-state index in [0.29, 0.717) is 25.4 Å². The fourth-order valence-corrected chi connectivity index (χ4v) is 4.39. The second kappa shape index (κ2) is 13.6. The second-order valence-electron chi connectivity index (χ2n) is 10.6. The first kappa shape index (κ1) is 30.2. The Morgan fingerprint density at radius 2 is 1.90 bits per heavy atom. The van der Waals surface area contributed by atoms with E-state index < -0.39 is 30.3 Å². The second-order valence-corrected chi connectivity index (χ2v) is 10.6. The summed E-state index contributed by atoms with van der Waals surface area (Å²) in [7, 11) is 0. The Labute approximate surface area is 229 Å². The number of ether oxygens (including phenoxy) is 1. The van der Waals surface area contributed by atoms with Crippen LogP contribution >= 0.6 is 0 Å². The van der Waals surface area contributed by atoms with E-state index in [1.165, 1.54) is 4.90 Å². The van der Waals surface area contributed by atoms with Gasteiger partial charge >= 0.3 is 5.97 Å². The van der Waals surface area contributed by atoms with Crippen molar-refractivity contribution >= 4 is 34.8 Å². The van der Waals surface area contributed by atoms with Crippen LogP contribution in [-0.4, -0.2) is 82.3 Å². The van der Waals surface area contributed by atoms with Gasteiger partial charge in [0.25, 0.3) is 0 Å². The molecular weight excluding hydrogens is 500 g/mol. The van der Waals surface area contributed by atoms with E-state index in [4.69, 9.17) is 4.74 Å². The smallest absolute Gasteiger partial charge is 0.322 e. The van der Waals surface area contributed by atoms with Gasteiger partial charge in [0.15, 0.2) is 0 Å². The molecule has 1 aromatic heterocycles. The molecule has 2 aromatic rings. The van der Waals surface area contributed by atoms with E-state index in [2.05, 4.69) is 15.6 Å². The van der Waals surface area contributed by atoms with Crippen LogP contribution in [0.2, 0.25) is 0 Å². The molecule has 0 bridgehead atoms. The molecule has 0 saturated carbocycles. The van der Waals surface area contributed by atoms with E-state index in [9.17, 15) is 24.6 Å². The molecule has 5 atom stereocenters. The maximum atomic E-state index is 13.0. The molecule has 0 aliphatic carbocycles. The van der Waals surface area contributed by atoms with Gasteiger partial charge in [-0.3, -0.25) is 19.4 Å². The van der Waals surface area contributed by atoms with Gasteiger partial charge in [-0.25, -0.2) is 0 Å². The van der Waals surface area contributed by atoms with Crippen molar-refractivity contribution in [1.82, 2.24) is 20.5 Å². The number of rotatable bonds is 11. The zero-order valence-electron chi connectivity index (χ0n) is 23.3. The Balaban J connectivity index is 1.55. The summed E-state index contributed by atoms with van der Waals surface area (Å²) >= 11 is 0. The monoisotopic (exact) mass is 540 g/mol. The number of carbonyl (C=O) groups is 3. The first-order valence-electron chi connectivity index (χ1n) is 13.4. The van der Waals surface area contributed by atoms with Gasteiger partial charge in [0, 0.05) is 25.0 Å². The minimum Gasteiger partial charge on any atom is -0.480 e. The summed E-state index contributed by atoms with van der Waals surface area (Å²) in [5, 5.41) is 25.6. The number of amides is 2. The number of hydrogen-bond donors (Lipinski definition) is 4. The number of aromatic nitrogens is 1. The minimum absolute atomic E-state index is 0.0133. The van der Waals surface area contributed by atoms with Gasteiger partial charge < -0.3 is 30.5 Å². The number of aliphatic hydroxyl groups excluding tert-OH is 1. The first-order chi connectivity index (χ1) is 18.5. The molecule has 1 unspecified atom stereocenters. The standard InChI is InChI=1S/C29H40N4O6/c1-17(2)26(27(35)31-19(4)28(36)33-13-12-30-25(15-33)29(37)38)39-16-18(3)6-7-21-8-9-22-10-11-23(20(5)34)32-24(22)14-21/h6-11,14,17-20,25-26,30,34H,12-13,15-16H2,1-5H3,(H,31,35)(H,37,38)/b7-6+/t18?,19-,20+,25-,26-/m0/s1. The maximum Gasteiger partial charge on any atom is 0.322 e. The van der Waals surface area contributed by atoms with Crippen molar-refractivity contribution in [3.8, 4) is 0 Å². The number of aliphatic carboxylic acids is 1. The molecule has 1 aromatic carbocycles. The van der Waals surface area contributed by atoms with Crippen molar-refractivity contribution < 1.29 is 29.3 Å². The molecule has 0 spiro atoms. The number of carboxylic acids is 1. The molecular formula is C29H40N4O6. The SMILES string of the molecule is CC(/C=C/c1ccc2ccc([C@@H](C)O)nc2c1)CO[C@H](C(=O)N[C@@H](C)C(=O)N1CCN[C@H](C(=O)O)C1)C(C)C. The third kappa shape index (κ3) is 8.32. The number of hydrogen-bond acceptors (Lipinski definition) is 7. The highest BCUT2D eigenvalue weighted by Crippen LogP contribution is 2.19. The van der Waals surface area contributed by atoms with Crippen LogP contribution in [0.15, 0.2) is 36.4 Å². The zero-order chi connectivity index (χ0) is 28.7. The van der Waals surface area contributed by atoms with Crippen molar-refractivity contribution in [3.05, 3.63) is 47.7 Å². The lowest BCUT2D eigenvalue weighted by Crippen LogP contribution is -2.59. The Kier molecular flexibility index (Phi) is 10.6. The normalized spacial score (nSPS) is 19.2. The number of carboxylic acid groups (broad SMARTS) is 1. The molecule has 2 amide bonds. The molecule has 1 aliphatic heterocycles. The lowest BCUT2D eigenvalue weighted by molar-refractivity contribution is -0.145. The Bertz CT molecular complexity index is 1200. The van der Waals surface area contributed by atoms with Crippen LogP contribution in [0.3, 0.4) is 0 Å². The van der Waals surface area contributed by atoms with Gasteiger partial charge in [0.1, 0.15) is 18.2 Å². The van der Waals surface area contributed by atoms with Crippen molar-refractivity contribution in [1.29, 1.82) is 0 Å². The van der Waals surface area contributed by atoms with Gasteiger partial charge in [0.2, 0.25) is 11.8 Å². The van der Waals surface area contributed by atoms with E-state index in [0.717, 1.165) is 16.5 Å². The van der Waals surface area contributed by atoms with Crippen LogP contribution in [0.5, 0.6) is 0 Å². The quantitative estimate of drug-likeness (QED) is 0.341. The molecule has 212 valence electrons. The number of fused-ring (bicyclic) bond motifs is 1. The van der Waals surface area contributed by atoms with Crippen LogP contribution < -0.4 is 10.6 Å². The summed E-state index contributed by atoms with van der Waals surface area (Å²) < 4.78 is 5.99. The molecule has 10 nitrogen and oxygen atoms in total. The van der Waals surface area contributed by atoms with Crippen molar-refractivity contribution in [2.45, 2.75) is 58.9 Å². The predicted octanol–water partition coefficient (Wildman–Crippen LogP) is 2.37. The van der Waals surface area contributed by atoms with Crippen LogP contribution in [0, 0.1) is 11.8 Å². The predicted molar refractivity (Wildman–Crippen MR) is 149 cm³/mol. The summed E-state index contributed by atoms with van der Waals surface area (Å²) in [4.78, 5) is 43.1. The van der Waals surface area contributed by atoms with Crippen molar-refractivity contribution in [2.24, 2.45) is 11.8 Å². The first-order valence-corrected chi connectivity index (χ1v) is 13.4. The summed E-state index contributed by atoms with van der Waals surface area (Å²) in [6.45, 7) is 10.2. The summed E-state index contributed by atoms with van der Waals surface area (Å²) in [5.41, 5.74) is 2.39. The Morgan fingerprint density at radius 3 is 2.56 bits per heavy atom. The van der Waals surface area contributed by atoms with E-state index in [1.54, 1.807) is 13.8 Å². The van der Waals surface area contributed by atoms with Crippen molar-refractivity contribution in [3.63, 3.8) is 0 Å². The van der Waals surface area contributed by atoms with Crippen LogP contribution in [0.4, 0.5) is 0 Å². The third-order valence-corrected chi connectivity index (χ3v) is 6.70.